The molecule has 1 atom stereocenters. The first-order valence-electron chi connectivity index (χ1n) is 10.3. The lowest BCUT2D eigenvalue weighted by molar-refractivity contribution is 0.0889. The molecule has 0 N–H and O–H groups in total. The van der Waals surface area contributed by atoms with Gasteiger partial charge in [0.25, 0.3) is 0 Å². The van der Waals surface area contributed by atoms with Gasteiger partial charge >= 0.3 is 0 Å². The molecule has 0 saturated carbocycles. The van der Waals surface area contributed by atoms with Crippen molar-refractivity contribution in [1.82, 2.24) is 4.90 Å². The predicted octanol–water partition coefficient (Wildman–Crippen LogP) is 5.97. The summed E-state index contributed by atoms with van der Waals surface area (Å²) in [6.45, 7) is 20.1. The number of carbonyl (C=O) groups excluding carboxylic acids is 1. The van der Waals surface area contributed by atoms with Crippen molar-refractivity contribution in [3.8, 4) is 0 Å². The molecule has 0 bridgehead atoms. The van der Waals surface area contributed by atoms with Crippen molar-refractivity contribution in [3.05, 3.63) is 34.9 Å². The van der Waals surface area contributed by atoms with Gasteiger partial charge in [0.1, 0.15) is 0 Å². The van der Waals surface area contributed by atoms with Crippen LogP contribution in [0.5, 0.6) is 0 Å². The normalized spacial score (nSPS) is 19.8. The van der Waals surface area contributed by atoms with Crippen LogP contribution >= 0.6 is 0 Å². The van der Waals surface area contributed by atoms with E-state index in [1.54, 1.807) is 0 Å². The van der Waals surface area contributed by atoms with Gasteiger partial charge in [0.05, 0.1) is 0 Å². The fraction of sp³-hybridized carbons (Fsp3) is 0.708. The Balaban J connectivity index is 2.25. The summed E-state index contributed by atoms with van der Waals surface area (Å²) in [6.07, 6.45) is 3.08. The third kappa shape index (κ3) is 5.42. The van der Waals surface area contributed by atoms with Gasteiger partial charge in [0.2, 0.25) is 0 Å². The van der Waals surface area contributed by atoms with E-state index in [4.69, 9.17) is 0 Å². The molecule has 1 aliphatic rings. The number of hydrogen-bond acceptors (Lipinski definition) is 2. The molecule has 26 heavy (non-hydrogen) atoms. The van der Waals surface area contributed by atoms with E-state index < -0.39 is 0 Å². The van der Waals surface area contributed by atoms with Crippen molar-refractivity contribution in [2.75, 3.05) is 13.1 Å². The fourth-order valence-corrected chi connectivity index (χ4v) is 3.77. The van der Waals surface area contributed by atoms with E-state index in [1.807, 2.05) is 0 Å². The number of Topliss-reactive ketones (excluding diaryl/α,β-unsaturated/α-hetero) is 1. The second-order valence-electron chi connectivity index (χ2n) is 10.5. The molecule has 1 saturated heterocycles. The van der Waals surface area contributed by atoms with Gasteiger partial charge in [-0.2, -0.15) is 0 Å². The quantitative estimate of drug-likeness (QED) is 0.618. The van der Waals surface area contributed by atoms with E-state index in [1.165, 1.54) is 30.5 Å². The summed E-state index contributed by atoms with van der Waals surface area (Å²) >= 11 is 0. The molecule has 1 aliphatic heterocycles. The van der Waals surface area contributed by atoms with E-state index in [9.17, 15) is 4.79 Å². The van der Waals surface area contributed by atoms with Crippen LogP contribution in [-0.2, 0) is 10.8 Å². The smallest absolute Gasteiger partial charge is 0.163 e. The molecular weight excluding hydrogens is 318 g/mol. The van der Waals surface area contributed by atoms with Crippen LogP contribution in [-0.4, -0.2) is 29.8 Å². The topological polar surface area (TPSA) is 20.3 Å². The van der Waals surface area contributed by atoms with Gasteiger partial charge in [0, 0.05) is 24.6 Å². The molecule has 0 spiro atoms. The third-order valence-electron chi connectivity index (χ3n) is 5.74. The van der Waals surface area contributed by atoms with Gasteiger partial charge in [-0.15, -0.1) is 0 Å². The molecule has 1 aromatic rings. The van der Waals surface area contributed by atoms with Gasteiger partial charge in [-0.3, -0.25) is 4.79 Å². The minimum absolute atomic E-state index is 0.0512. The van der Waals surface area contributed by atoms with Crippen LogP contribution in [0.1, 0.15) is 96.1 Å². The minimum Gasteiger partial charge on any atom is -0.301 e. The minimum atomic E-state index is 0.0512. The van der Waals surface area contributed by atoms with Crippen LogP contribution in [0.4, 0.5) is 0 Å². The zero-order chi connectivity index (χ0) is 19.7. The van der Waals surface area contributed by atoms with Crippen molar-refractivity contribution < 1.29 is 4.79 Å². The summed E-state index contributed by atoms with van der Waals surface area (Å²) in [5.74, 6) is 0.812. The molecule has 2 rings (SSSR count). The van der Waals surface area contributed by atoms with Gasteiger partial charge < -0.3 is 4.90 Å². The lowest BCUT2D eigenvalue weighted by Crippen LogP contribution is -2.40. The molecule has 0 aromatic heterocycles. The highest BCUT2D eigenvalue weighted by atomic mass is 16.1. The van der Waals surface area contributed by atoms with Crippen molar-refractivity contribution >= 4 is 5.78 Å². The van der Waals surface area contributed by atoms with Crippen molar-refractivity contribution in [1.29, 1.82) is 0 Å². The third-order valence-corrected chi connectivity index (χ3v) is 5.74. The number of benzene rings is 1. The second-order valence-corrected chi connectivity index (χ2v) is 10.5. The molecule has 2 heteroatoms. The summed E-state index contributed by atoms with van der Waals surface area (Å²) < 4.78 is 0. The monoisotopic (exact) mass is 357 g/mol. The average molecular weight is 358 g/mol. The van der Waals surface area contributed by atoms with E-state index in [-0.39, 0.29) is 10.8 Å². The van der Waals surface area contributed by atoms with Crippen LogP contribution in [0, 0.1) is 5.92 Å². The van der Waals surface area contributed by atoms with Crippen LogP contribution < -0.4 is 0 Å². The number of rotatable bonds is 4. The molecule has 0 radical (unpaired) electrons. The number of carbonyl (C=O) groups is 1. The van der Waals surface area contributed by atoms with Gasteiger partial charge in [-0.05, 0) is 73.2 Å². The lowest BCUT2D eigenvalue weighted by Gasteiger charge is -2.35. The first-order valence-corrected chi connectivity index (χ1v) is 10.3. The summed E-state index contributed by atoms with van der Waals surface area (Å²) in [5.41, 5.74) is 3.54. The SMILES string of the molecule is CC(C)N1CCC[C@@H](CC(=O)c2cc(C(C)(C)C)cc(C(C)(C)C)c2)C1. The van der Waals surface area contributed by atoms with Gasteiger partial charge in [-0.25, -0.2) is 0 Å². The summed E-state index contributed by atoms with van der Waals surface area (Å²) in [7, 11) is 0. The highest BCUT2D eigenvalue weighted by molar-refractivity contribution is 5.96. The molecular formula is C24H39NO. The Hall–Kier alpha value is -1.15. The number of ketones is 1. The molecule has 1 aromatic carbocycles. The maximum atomic E-state index is 13.1. The molecule has 0 unspecified atom stereocenters. The van der Waals surface area contributed by atoms with Crippen LogP contribution in [0.3, 0.4) is 0 Å². The molecule has 1 heterocycles. The Morgan fingerprint density at radius 2 is 1.58 bits per heavy atom. The summed E-state index contributed by atoms with van der Waals surface area (Å²) in [6, 6.07) is 7.14. The Bertz CT molecular complexity index is 598. The predicted molar refractivity (Wildman–Crippen MR) is 112 cm³/mol. The van der Waals surface area contributed by atoms with Crippen LogP contribution in [0.2, 0.25) is 0 Å². The summed E-state index contributed by atoms with van der Waals surface area (Å²) in [4.78, 5) is 15.7. The number of piperidine rings is 1. The maximum Gasteiger partial charge on any atom is 0.163 e. The van der Waals surface area contributed by atoms with Gasteiger partial charge in [-0.1, -0.05) is 47.6 Å². The highest BCUT2D eigenvalue weighted by Crippen LogP contribution is 2.31. The molecule has 0 aliphatic carbocycles. The summed E-state index contributed by atoms with van der Waals surface area (Å²) in [5, 5.41) is 0. The molecule has 146 valence electrons. The lowest BCUT2D eigenvalue weighted by atomic mass is 9.78. The van der Waals surface area contributed by atoms with Crippen molar-refractivity contribution in [2.45, 2.75) is 91.5 Å². The van der Waals surface area contributed by atoms with Crippen molar-refractivity contribution in [3.63, 3.8) is 0 Å². The Kier molecular flexibility index (Phi) is 6.38. The number of nitrogens with zero attached hydrogens (tertiary/aromatic N) is 1. The van der Waals surface area contributed by atoms with E-state index in [2.05, 4.69) is 78.5 Å². The zero-order valence-corrected chi connectivity index (χ0v) is 18.3. The molecule has 0 amide bonds. The van der Waals surface area contributed by atoms with Crippen LogP contribution in [0.25, 0.3) is 0 Å². The first-order chi connectivity index (χ1) is 11.9. The standard InChI is InChI=1S/C24H39NO/c1-17(2)25-11-9-10-18(16-25)12-22(26)19-13-20(23(3,4)5)15-21(14-19)24(6,7)8/h13-15,17-18H,9-12,16H2,1-8H3/t18-/m0/s1. The van der Waals surface area contributed by atoms with Crippen LogP contribution in [0.15, 0.2) is 18.2 Å². The number of hydrogen-bond donors (Lipinski definition) is 0. The second kappa shape index (κ2) is 7.84. The largest absolute Gasteiger partial charge is 0.301 e. The Labute approximate surface area is 161 Å². The maximum absolute atomic E-state index is 13.1. The average Bonchev–Trinajstić information content (AvgIpc) is 2.53. The highest BCUT2D eigenvalue weighted by Gasteiger charge is 2.26. The van der Waals surface area contributed by atoms with Crippen molar-refractivity contribution in [2.24, 2.45) is 5.92 Å². The molecule has 1 fully saturated rings. The first kappa shape index (κ1) is 21.2. The van der Waals surface area contributed by atoms with E-state index >= 15 is 0 Å². The van der Waals surface area contributed by atoms with Gasteiger partial charge in [0.15, 0.2) is 5.78 Å². The van der Waals surface area contributed by atoms with E-state index in [0.717, 1.165) is 12.1 Å². The van der Waals surface area contributed by atoms with E-state index in [0.29, 0.717) is 24.2 Å². The fourth-order valence-electron chi connectivity index (χ4n) is 3.77. The Morgan fingerprint density at radius 1 is 1.04 bits per heavy atom. The zero-order valence-electron chi connectivity index (χ0n) is 18.3. The number of likely N-dealkylation sites (tertiary alicyclic amines) is 1. The Morgan fingerprint density at radius 3 is 2.04 bits per heavy atom. The molecule has 2 nitrogen and oxygen atoms in total.